The molecular formula is C15H17N9O2S. The summed E-state index contributed by atoms with van der Waals surface area (Å²) in [4.78, 5) is 15.9. The molecule has 0 bridgehead atoms. The lowest BCUT2D eigenvalue weighted by Gasteiger charge is -2.13. The molecule has 27 heavy (non-hydrogen) atoms. The summed E-state index contributed by atoms with van der Waals surface area (Å²) in [7, 11) is 0. The summed E-state index contributed by atoms with van der Waals surface area (Å²) < 4.78 is 5.85. The summed E-state index contributed by atoms with van der Waals surface area (Å²) in [6, 6.07) is 3.80. The summed E-state index contributed by atoms with van der Waals surface area (Å²) in [5.41, 5.74) is 8.98. The second-order valence-corrected chi connectivity index (χ2v) is 6.95. The van der Waals surface area contributed by atoms with E-state index in [-0.39, 0.29) is 17.3 Å². The van der Waals surface area contributed by atoms with Crippen LogP contribution in [-0.4, -0.2) is 55.4 Å². The Morgan fingerprint density at radius 1 is 1.41 bits per heavy atom. The average molecular weight is 387 g/mol. The van der Waals surface area contributed by atoms with Crippen molar-refractivity contribution in [1.82, 2.24) is 35.6 Å². The molecule has 0 unspecified atom stereocenters. The van der Waals surface area contributed by atoms with E-state index in [0.29, 0.717) is 12.2 Å². The van der Waals surface area contributed by atoms with Gasteiger partial charge in [0.05, 0.1) is 6.21 Å². The molecule has 12 heteroatoms. The van der Waals surface area contributed by atoms with Gasteiger partial charge in [-0.1, -0.05) is 11.3 Å². The van der Waals surface area contributed by atoms with Crippen LogP contribution >= 0.6 is 11.3 Å². The van der Waals surface area contributed by atoms with E-state index in [2.05, 4.69) is 40.7 Å². The summed E-state index contributed by atoms with van der Waals surface area (Å²) in [5.74, 6) is -0.337. The lowest BCUT2D eigenvalue weighted by molar-refractivity contribution is 0.0945. The molecule has 0 spiro atoms. The van der Waals surface area contributed by atoms with Crippen molar-refractivity contribution in [2.75, 3.05) is 18.8 Å². The predicted molar refractivity (Wildman–Crippen MR) is 97.5 cm³/mol. The quantitative estimate of drug-likeness (QED) is 0.464. The zero-order chi connectivity index (χ0) is 18.6. The third-order valence-electron chi connectivity index (χ3n) is 4.12. The second kappa shape index (κ2) is 7.63. The first-order valence-electron chi connectivity index (χ1n) is 8.34. The van der Waals surface area contributed by atoms with E-state index in [4.69, 9.17) is 5.73 Å². The van der Waals surface area contributed by atoms with Gasteiger partial charge in [0.2, 0.25) is 11.6 Å². The minimum absolute atomic E-state index is 0.0174. The molecule has 4 heterocycles. The number of nitrogen functional groups attached to an aromatic ring is 1. The van der Waals surface area contributed by atoms with Crippen LogP contribution in [0.25, 0.3) is 5.82 Å². The number of aromatic nitrogens is 5. The van der Waals surface area contributed by atoms with Gasteiger partial charge in [-0.05, 0) is 47.7 Å². The molecule has 0 aliphatic carbocycles. The van der Waals surface area contributed by atoms with Crippen LogP contribution < -0.4 is 11.2 Å². The molecular weight excluding hydrogens is 370 g/mol. The van der Waals surface area contributed by atoms with Crippen LogP contribution in [-0.2, 0) is 6.54 Å². The van der Waals surface area contributed by atoms with Crippen LogP contribution in [0, 0.1) is 0 Å². The number of likely N-dealkylation sites (tertiary alicyclic amines) is 1. The predicted octanol–water partition coefficient (Wildman–Crippen LogP) is 0.654. The van der Waals surface area contributed by atoms with Crippen LogP contribution in [0.3, 0.4) is 0 Å². The van der Waals surface area contributed by atoms with Crippen molar-refractivity contribution >= 4 is 29.3 Å². The van der Waals surface area contributed by atoms with Gasteiger partial charge in [-0.15, -0.1) is 16.4 Å². The highest BCUT2D eigenvalue weighted by Crippen LogP contribution is 2.19. The molecule has 0 radical (unpaired) electrons. The van der Waals surface area contributed by atoms with Crippen molar-refractivity contribution < 1.29 is 9.42 Å². The summed E-state index contributed by atoms with van der Waals surface area (Å²) in [5, 5.41) is 21.4. The Kier molecular flexibility index (Phi) is 4.89. The van der Waals surface area contributed by atoms with Gasteiger partial charge >= 0.3 is 0 Å². The number of thiophene rings is 1. The second-order valence-electron chi connectivity index (χ2n) is 5.97. The topological polar surface area (TPSA) is 140 Å². The minimum atomic E-state index is -0.468. The molecule has 1 fully saturated rings. The number of nitrogens with zero attached hydrogens (tertiary/aromatic N) is 7. The van der Waals surface area contributed by atoms with Crippen molar-refractivity contribution in [2.45, 2.75) is 19.4 Å². The number of hydrogen-bond acceptors (Lipinski definition) is 10. The van der Waals surface area contributed by atoms with Crippen molar-refractivity contribution in [1.29, 1.82) is 0 Å². The normalized spacial score (nSPS) is 15.0. The number of hydrogen-bond donors (Lipinski definition) is 2. The van der Waals surface area contributed by atoms with Gasteiger partial charge in [0.1, 0.15) is 5.69 Å². The number of carbonyl (C=O) groups is 1. The zero-order valence-electron chi connectivity index (χ0n) is 14.3. The lowest BCUT2D eigenvalue weighted by atomic mass is 10.3. The van der Waals surface area contributed by atoms with Gasteiger partial charge in [-0.3, -0.25) is 9.69 Å². The highest BCUT2D eigenvalue weighted by Gasteiger charge is 2.26. The fourth-order valence-electron chi connectivity index (χ4n) is 2.86. The molecule has 0 atom stereocenters. The van der Waals surface area contributed by atoms with Crippen molar-refractivity contribution in [2.24, 2.45) is 5.10 Å². The van der Waals surface area contributed by atoms with Gasteiger partial charge in [0.25, 0.3) is 5.91 Å². The summed E-state index contributed by atoms with van der Waals surface area (Å²) >= 11 is 1.52. The maximum absolute atomic E-state index is 12.8. The van der Waals surface area contributed by atoms with Crippen LogP contribution in [0.15, 0.2) is 27.2 Å². The molecule has 11 nitrogen and oxygen atoms in total. The maximum atomic E-state index is 12.8. The fraction of sp³-hybridized carbons (Fsp3) is 0.333. The molecule has 1 aliphatic rings. The smallest absolute Gasteiger partial charge is 0.292 e. The third-order valence-corrected chi connectivity index (χ3v) is 4.93. The third kappa shape index (κ3) is 3.71. The van der Waals surface area contributed by atoms with E-state index in [1.165, 1.54) is 16.0 Å². The van der Waals surface area contributed by atoms with Gasteiger partial charge < -0.3 is 5.73 Å². The molecule has 1 aliphatic heterocycles. The number of nitrogens with one attached hydrogen (secondary N) is 1. The number of rotatable bonds is 6. The van der Waals surface area contributed by atoms with E-state index in [1.807, 2.05) is 17.5 Å². The number of amides is 1. The maximum Gasteiger partial charge on any atom is 0.292 e. The van der Waals surface area contributed by atoms with Gasteiger partial charge in [-0.25, -0.2) is 10.1 Å². The van der Waals surface area contributed by atoms with Crippen LogP contribution in [0.4, 0.5) is 5.82 Å². The monoisotopic (exact) mass is 387 g/mol. The number of nitrogens with two attached hydrogens (primary N) is 1. The Morgan fingerprint density at radius 3 is 2.96 bits per heavy atom. The Balaban J connectivity index is 1.61. The van der Waals surface area contributed by atoms with Crippen molar-refractivity contribution in [3.8, 4) is 5.82 Å². The van der Waals surface area contributed by atoms with Crippen LogP contribution in [0.2, 0.25) is 0 Å². The summed E-state index contributed by atoms with van der Waals surface area (Å²) in [6.45, 7) is 2.42. The van der Waals surface area contributed by atoms with Gasteiger partial charge in [-0.2, -0.15) is 9.78 Å². The number of carbonyl (C=O) groups excluding carboxylic acids is 1. The lowest BCUT2D eigenvalue weighted by Crippen LogP contribution is -2.26. The Morgan fingerprint density at radius 2 is 2.26 bits per heavy atom. The van der Waals surface area contributed by atoms with E-state index in [1.54, 1.807) is 6.21 Å². The van der Waals surface area contributed by atoms with Crippen molar-refractivity contribution in [3.05, 3.63) is 33.8 Å². The van der Waals surface area contributed by atoms with E-state index in [0.717, 1.165) is 30.8 Å². The minimum Gasteiger partial charge on any atom is -0.378 e. The molecule has 1 saturated heterocycles. The van der Waals surface area contributed by atoms with Gasteiger partial charge in [0, 0.05) is 11.4 Å². The Labute approximate surface area is 157 Å². The molecule has 1 amide bonds. The first-order valence-corrected chi connectivity index (χ1v) is 9.22. The standard InChI is InChI=1S/C15H17N9O2S/c16-13-14(21-26-20-13)24-12(11(18-22-24)9-23-5-1-2-6-23)15(25)19-17-8-10-4-3-7-27-10/h3-4,7-8H,1-2,5-6,9H2,(H2,16,20)(H,19,25)/b17-8+. The SMILES string of the molecule is Nc1nonc1-n1nnc(CN2CCCC2)c1C(=O)N/N=C/c1cccs1. The molecule has 4 rings (SSSR count). The largest absolute Gasteiger partial charge is 0.378 e. The van der Waals surface area contributed by atoms with Crippen molar-refractivity contribution in [3.63, 3.8) is 0 Å². The Bertz CT molecular complexity index is 941. The Hall–Kier alpha value is -3.12. The van der Waals surface area contributed by atoms with E-state index < -0.39 is 5.91 Å². The molecule has 0 aromatic carbocycles. The van der Waals surface area contributed by atoms with Crippen LogP contribution in [0.1, 0.15) is 33.9 Å². The van der Waals surface area contributed by atoms with Crippen LogP contribution in [0.5, 0.6) is 0 Å². The number of anilines is 1. The van der Waals surface area contributed by atoms with Gasteiger partial charge in [0.15, 0.2) is 5.69 Å². The van der Waals surface area contributed by atoms with E-state index in [9.17, 15) is 4.79 Å². The average Bonchev–Trinajstić information content (AvgIpc) is 3.42. The molecule has 3 aromatic heterocycles. The number of hydrazone groups is 1. The summed E-state index contributed by atoms with van der Waals surface area (Å²) in [6.07, 6.45) is 3.82. The first-order chi connectivity index (χ1) is 13.2. The molecule has 140 valence electrons. The van der Waals surface area contributed by atoms with E-state index >= 15 is 0 Å². The molecule has 3 N–H and O–H groups in total. The fourth-order valence-corrected chi connectivity index (χ4v) is 3.44. The molecule has 3 aromatic rings. The molecule has 0 saturated carbocycles. The highest BCUT2D eigenvalue weighted by atomic mass is 32.1. The zero-order valence-corrected chi connectivity index (χ0v) is 15.1. The first kappa shape index (κ1) is 17.3. The highest BCUT2D eigenvalue weighted by molar-refractivity contribution is 7.11.